The minimum absolute atomic E-state index is 0.0475. The third kappa shape index (κ3) is 6.38. The molecule has 5 rings (SSSR count). The van der Waals surface area contributed by atoms with Gasteiger partial charge in [-0.15, -0.1) is 5.10 Å². The van der Waals surface area contributed by atoms with Crippen molar-refractivity contribution in [2.45, 2.75) is 44.8 Å². The van der Waals surface area contributed by atoms with Crippen molar-refractivity contribution in [3.8, 4) is 22.1 Å². The highest BCUT2D eigenvalue weighted by atomic mass is 35.5. The number of ether oxygens (including phenoxy) is 3. The van der Waals surface area contributed by atoms with Crippen LogP contribution in [0.4, 0.5) is 13.9 Å². The summed E-state index contributed by atoms with van der Waals surface area (Å²) in [5.41, 5.74) is 1.56. The highest BCUT2D eigenvalue weighted by Gasteiger charge is 2.46. The van der Waals surface area contributed by atoms with Gasteiger partial charge >= 0.3 is 6.61 Å². The van der Waals surface area contributed by atoms with E-state index in [1.807, 2.05) is 0 Å². The van der Waals surface area contributed by atoms with E-state index in [1.165, 1.54) is 45.1 Å². The van der Waals surface area contributed by atoms with E-state index in [1.54, 1.807) is 13.0 Å². The Labute approximate surface area is 208 Å². The summed E-state index contributed by atoms with van der Waals surface area (Å²) in [6, 6.07) is 2.89. The lowest BCUT2D eigenvalue weighted by molar-refractivity contribution is -0.0496. The van der Waals surface area contributed by atoms with Gasteiger partial charge in [0, 0.05) is 29.6 Å². The number of rotatable bonds is 6. The van der Waals surface area contributed by atoms with Gasteiger partial charge in [0.25, 0.3) is 11.1 Å². The molecule has 3 aromatic rings. The van der Waals surface area contributed by atoms with Crippen molar-refractivity contribution in [3.05, 3.63) is 40.9 Å². The highest BCUT2D eigenvalue weighted by Crippen LogP contribution is 2.47. The number of nitrogens with one attached hydrogen (secondary N) is 1. The van der Waals surface area contributed by atoms with Gasteiger partial charge in [0.15, 0.2) is 5.75 Å². The molecule has 35 heavy (non-hydrogen) atoms. The van der Waals surface area contributed by atoms with Crippen LogP contribution in [0.25, 0.3) is 11.1 Å². The lowest BCUT2D eigenvalue weighted by Gasteiger charge is -2.14. The number of aromatic nitrogens is 4. The number of amides is 1. The number of carbonyl (C=O) groups excluding carboxylic acids is 1. The van der Waals surface area contributed by atoms with Crippen LogP contribution in [0.15, 0.2) is 24.5 Å². The Kier molecular flexibility index (Phi) is 7.72. The topological polar surface area (TPSA) is 108 Å². The number of halogens is 3. The molecule has 186 valence electrons. The van der Waals surface area contributed by atoms with Crippen LogP contribution in [-0.4, -0.2) is 52.0 Å². The maximum absolute atomic E-state index is 12.8. The first kappa shape index (κ1) is 25.1. The van der Waals surface area contributed by atoms with Crippen molar-refractivity contribution in [2.75, 3.05) is 19.0 Å². The van der Waals surface area contributed by atoms with Crippen LogP contribution < -0.4 is 14.8 Å². The number of carbonyl (C=O) groups is 1. The van der Waals surface area contributed by atoms with Gasteiger partial charge in [-0.1, -0.05) is 16.7 Å². The molecule has 4 heterocycles. The number of aryl methyl sites for hydroxylation is 1. The summed E-state index contributed by atoms with van der Waals surface area (Å²) in [4.78, 5) is 20.6. The van der Waals surface area contributed by atoms with Crippen LogP contribution in [0.5, 0.6) is 10.9 Å². The minimum Gasteiger partial charge on any atom is -0.472 e. The summed E-state index contributed by atoms with van der Waals surface area (Å²) in [7, 11) is 1.42. The molecular formula is C22H22ClF2N5O4S. The first-order valence-corrected chi connectivity index (χ1v) is 11.9. The Morgan fingerprint density at radius 3 is 2.60 bits per heavy atom. The van der Waals surface area contributed by atoms with Crippen molar-refractivity contribution in [2.24, 2.45) is 0 Å². The molecule has 2 aliphatic rings. The van der Waals surface area contributed by atoms with E-state index >= 15 is 0 Å². The molecule has 9 nitrogen and oxygen atoms in total. The molecule has 3 aromatic heterocycles. The molecule has 0 atom stereocenters. The van der Waals surface area contributed by atoms with Crippen molar-refractivity contribution in [1.82, 2.24) is 20.2 Å². The van der Waals surface area contributed by atoms with Crippen LogP contribution in [0.3, 0.4) is 0 Å². The van der Waals surface area contributed by atoms with Crippen LogP contribution >= 0.6 is 22.9 Å². The van der Waals surface area contributed by atoms with Gasteiger partial charge < -0.3 is 14.2 Å². The predicted molar refractivity (Wildman–Crippen MR) is 125 cm³/mol. The lowest BCUT2D eigenvalue weighted by Crippen LogP contribution is -2.14. The Morgan fingerprint density at radius 1 is 1.20 bits per heavy atom. The highest BCUT2D eigenvalue weighted by molar-refractivity contribution is 7.17. The van der Waals surface area contributed by atoms with E-state index in [4.69, 9.17) is 21.1 Å². The Hall–Kier alpha value is -2.96. The quantitative estimate of drug-likeness (QED) is 0.440. The molecule has 2 fully saturated rings. The number of methoxy groups -OCH3 is 1. The third-order valence-corrected chi connectivity index (χ3v) is 6.43. The SMILES string of the molecule is C1COC2(C1)CC2.COc1nnc(NC(=O)c2cnc(C)cc2-c2cc(Cl)ncc2OC(F)F)s1. The molecule has 0 bridgehead atoms. The number of hydrogen-bond acceptors (Lipinski definition) is 9. The normalized spacial score (nSPS) is 15.5. The second kappa shape index (κ2) is 10.8. The second-order valence-corrected chi connectivity index (χ2v) is 9.25. The van der Waals surface area contributed by atoms with Crippen molar-refractivity contribution >= 4 is 34.0 Å². The van der Waals surface area contributed by atoms with Crippen LogP contribution in [0.1, 0.15) is 41.7 Å². The Balaban J connectivity index is 0.000000347. The Bertz CT molecular complexity index is 1200. The van der Waals surface area contributed by atoms with Crippen LogP contribution in [0, 0.1) is 6.92 Å². The zero-order chi connectivity index (χ0) is 25.0. The first-order chi connectivity index (χ1) is 16.8. The molecule has 1 saturated heterocycles. The van der Waals surface area contributed by atoms with E-state index in [9.17, 15) is 13.6 Å². The number of nitrogens with zero attached hydrogens (tertiary/aromatic N) is 4. The van der Waals surface area contributed by atoms with Crippen molar-refractivity contribution in [3.63, 3.8) is 0 Å². The standard InChI is InChI=1S/C16H12ClF2N5O3S.C6H10O/c1-7-3-8(9-4-12(17)21-6-11(9)27-14(18)19)10(5-20-7)13(25)22-15-23-24-16(26-2)28-15;1-2-6(3-4-6)7-5-1/h3-6,14H,1-2H3,(H,22,23,25);1-5H2. The zero-order valence-corrected chi connectivity index (χ0v) is 20.5. The van der Waals surface area contributed by atoms with Crippen LogP contribution in [-0.2, 0) is 4.74 Å². The fourth-order valence-corrected chi connectivity index (χ4v) is 4.29. The van der Waals surface area contributed by atoms with Gasteiger partial charge in [0.1, 0.15) is 5.15 Å². The minimum atomic E-state index is -3.07. The lowest BCUT2D eigenvalue weighted by atomic mass is 10.0. The molecule has 13 heteroatoms. The monoisotopic (exact) mass is 525 g/mol. The van der Waals surface area contributed by atoms with Crippen LogP contribution in [0.2, 0.25) is 5.15 Å². The van der Waals surface area contributed by atoms with Crippen molar-refractivity contribution < 1.29 is 27.8 Å². The van der Waals surface area contributed by atoms with Gasteiger partial charge in [-0.25, -0.2) is 4.98 Å². The summed E-state index contributed by atoms with van der Waals surface area (Å²) in [5.74, 6) is -0.797. The number of alkyl halides is 2. The molecule has 0 radical (unpaired) electrons. The fourth-order valence-electron chi connectivity index (χ4n) is 3.58. The van der Waals surface area contributed by atoms with E-state index < -0.39 is 12.5 Å². The average Bonchev–Trinajstić information content (AvgIpc) is 3.19. The van der Waals surface area contributed by atoms with Gasteiger partial charge in [0.2, 0.25) is 5.13 Å². The number of pyridine rings is 2. The van der Waals surface area contributed by atoms with E-state index in [-0.39, 0.29) is 32.4 Å². The maximum Gasteiger partial charge on any atom is 0.387 e. The van der Waals surface area contributed by atoms with E-state index in [0.29, 0.717) is 16.9 Å². The van der Waals surface area contributed by atoms with E-state index in [0.717, 1.165) is 24.1 Å². The number of anilines is 1. The molecule has 1 N–H and O–H groups in total. The smallest absolute Gasteiger partial charge is 0.387 e. The summed E-state index contributed by atoms with van der Waals surface area (Å²) in [6.07, 6.45) is 7.71. The van der Waals surface area contributed by atoms with Gasteiger partial charge in [-0.2, -0.15) is 8.78 Å². The molecule has 1 aliphatic carbocycles. The van der Waals surface area contributed by atoms with Gasteiger partial charge in [-0.05, 0) is 56.1 Å². The number of hydrogen-bond donors (Lipinski definition) is 1. The summed E-state index contributed by atoms with van der Waals surface area (Å²) in [5, 5.41) is 10.6. The van der Waals surface area contributed by atoms with Crippen molar-refractivity contribution in [1.29, 1.82) is 0 Å². The largest absolute Gasteiger partial charge is 0.472 e. The van der Waals surface area contributed by atoms with Gasteiger partial charge in [-0.3, -0.25) is 15.1 Å². The molecule has 1 spiro atoms. The molecular weight excluding hydrogens is 504 g/mol. The third-order valence-electron chi connectivity index (χ3n) is 5.42. The predicted octanol–water partition coefficient (Wildman–Crippen LogP) is 5.15. The zero-order valence-electron chi connectivity index (χ0n) is 18.9. The Morgan fingerprint density at radius 2 is 2.00 bits per heavy atom. The fraction of sp³-hybridized carbons (Fsp3) is 0.409. The molecule has 1 aliphatic heterocycles. The molecule has 1 saturated carbocycles. The summed E-state index contributed by atoms with van der Waals surface area (Å²) in [6.45, 7) is -0.354. The summed E-state index contributed by atoms with van der Waals surface area (Å²) >= 11 is 6.95. The molecule has 0 unspecified atom stereocenters. The van der Waals surface area contributed by atoms with Gasteiger partial charge in [0.05, 0.1) is 24.5 Å². The average molecular weight is 526 g/mol. The maximum atomic E-state index is 12.8. The summed E-state index contributed by atoms with van der Waals surface area (Å²) < 4.78 is 40.5. The van der Waals surface area contributed by atoms with E-state index in [2.05, 4.69) is 30.2 Å². The first-order valence-electron chi connectivity index (χ1n) is 10.7. The molecule has 0 aromatic carbocycles. The second-order valence-electron chi connectivity index (χ2n) is 7.92. The molecule has 1 amide bonds.